The van der Waals surface area contributed by atoms with Crippen LogP contribution in [0.3, 0.4) is 0 Å². The average Bonchev–Trinajstić information content (AvgIpc) is 3.06. The molecule has 2 aliphatic heterocycles. The molecule has 2 aliphatic rings. The molecule has 8 nitrogen and oxygen atoms in total. The van der Waals surface area contributed by atoms with Crippen molar-refractivity contribution in [2.24, 2.45) is 5.73 Å². The van der Waals surface area contributed by atoms with Gasteiger partial charge in [-0.3, -0.25) is 0 Å². The summed E-state index contributed by atoms with van der Waals surface area (Å²) in [6.07, 6.45) is 4.28. The van der Waals surface area contributed by atoms with Gasteiger partial charge in [-0.05, 0) is 18.2 Å². The molecule has 2 unspecified atom stereocenters. The second kappa shape index (κ2) is 8.81. The Morgan fingerprint density at radius 2 is 2.06 bits per heavy atom. The number of nitrogens with one attached hydrogen (secondary N) is 1. The van der Waals surface area contributed by atoms with Crippen molar-refractivity contribution in [3.63, 3.8) is 0 Å². The molecular weight excluding hydrogens is 511 g/mol. The standard InChI is InChI=1S/C23H24ClFN6O2S2/c1-35(28,32)17-4-2-3-16(19(17)24)34-22-21(27)30-18(12-29-22)31-9-7-23(8-10-31)20(26)14-6-5-13(25)11-15(14)33-23/h2-6,11-12,20,28H,7-10,26H2,1H3,(H2,27,30). The first-order valence-corrected chi connectivity index (χ1v) is 14.1. The summed E-state index contributed by atoms with van der Waals surface area (Å²) in [4.78, 5) is 12.0. The maximum Gasteiger partial charge on any atom is 0.158 e. The van der Waals surface area contributed by atoms with Crippen LogP contribution < -0.4 is 21.1 Å². The van der Waals surface area contributed by atoms with Crippen molar-refractivity contribution in [1.82, 2.24) is 9.97 Å². The van der Waals surface area contributed by atoms with Gasteiger partial charge in [0, 0.05) is 48.7 Å². The molecule has 5 rings (SSSR count). The molecule has 1 saturated heterocycles. The molecular formula is C23H24ClFN6O2S2. The van der Waals surface area contributed by atoms with Crippen molar-refractivity contribution in [2.75, 3.05) is 30.0 Å². The number of fused-ring (bicyclic) bond motifs is 1. The van der Waals surface area contributed by atoms with Gasteiger partial charge in [-0.25, -0.2) is 23.3 Å². The van der Waals surface area contributed by atoms with Crippen LogP contribution in [0.15, 0.2) is 57.4 Å². The molecule has 1 aromatic heterocycles. The van der Waals surface area contributed by atoms with E-state index in [0.29, 0.717) is 47.4 Å². The fraction of sp³-hybridized carbons (Fsp3) is 0.304. The van der Waals surface area contributed by atoms with Gasteiger partial charge in [0.25, 0.3) is 0 Å². The number of anilines is 2. The summed E-state index contributed by atoms with van der Waals surface area (Å²) in [7, 11) is -2.97. The summed E-state index contributed by atoms with van der Waals surface area (Å²) in [5.74, 6) is 1.06. The SMILES string of the molecule is CS(=N)(=O)c1cccc(Sc2ncc(N3CCC4(CC3)Oc3cc(F)ccc3C4N)nc2N)c1Cl. The number of rotatable bonds is 4. The third-order valence-electron chi connectivity index (χ3n) is 6.43. The molecule has 184 valence electrons. The van der Waals surface area contributed by atoms with Crippen molar-refractivity contribution in [3.8, 4) is 5.75 Å². The molecule has 0 radical (unpaired) electrons. The zero-order chi connectivity index (χ0) is 25.0. The Kier molecular flexibility index (Phi) is 6.07. The predicted octanol–water partition coefficient (Wildman–Crippen LogP) is 4.47. The molecule has 0 amide bonds. The van der Waals surface area contributed by atoms with Gasteiger partial charge >= 0.3 is 0 Å². The quantitative estimate of drug-likeness (QED) is 0.447. The molecule has 5 N–H and O–H groups in total. The Balaban J connectivity index is 1.30. The van der Waals surface area contributed by atoms with Crippen molar-refractivity contribution in [3.05, 3.63) is 59.0 Å². The maximum absolute atomic E-state index is 13.6. The van der Waals surface area contributed by atoms with E-state index in [4.69, 9.17) is 32.6 Å². The van der Waals surface area contributed by atoms with E-state index in [-0.39, 0.29) is 27.6 Å². The highest BCUT2D eigenvalue weighted by Crippen LogP contribution is 2.47. The number of halogens is 2. The lowest BCUT2D eigenvalue weighted by molar-refractivity contribution is 0.0429. The number of nitrogens with zero attached hydrogens (tertiary/aromatic N) is 3. The van der Waals surface area contributed by atoms with Crippen molar-refractivity contribution in [2.45, 2.75) is 39.3 Å². The van der Waals surface area contributed by atoms with E-state index in [1.165, 1.54) is 30.2 Å². The number of hydrogen-bond donors (Lipinski definition) is 3. The molecule has 1 fully saturated rings. The van der Waals surface area contributed by atoms with Gasteiger partial charge in [0.2, 0.25) is 0 Å². The van der Waals surface area contributed by atoms with Crippen LogP contribution in [0.2, 0.25) is 5.02 Å². The number of nitrogens with two attached hydrogens (primary N) is 2. The second-order valence-electron chi connectivity index (χ2n) is 8.75. The van der Waals surface area contributed by atoms with Crippen molar-refractivity contribution >= 4 is 44.7 Å². The number of ether oxygens (including phenoxy) is 1. The zero-order valence-electron chi connectivity index (χ0n) is 18.8. The van der Waals surface area contributed by atoms with E-state index < -0.39 is 15.3 Å². The third kappa shape index (κ3) is 4.42. The average molecular weight is 535 g/mol. The maximum atomic E-state index is 13.6. The first-order chi connectivity index (χ1) is 16.6. The zero-order valence-corrected chi connectivity index (χ0v) is 21.2. The van der Waals surface area contributed by atoms with Gasteiger partial charge in [0.05, 0.1) is 31.9 Å². The largest absolute Gasteiger partial charge is 0.485 e. The van der Waals surface area contributed by atoms with Gasteiger partial charge in [-0.1, -0.05) is 35.5 Å². The minimum Gasteiger partial charge on any atom is -0.485 e. The van der Waals surface area contributed by atoms with Crippen LogP contribution in [0.1, 0.15) is 24.4 Å². The highest BCUT2D eigenvalue weighted by molar-refractivity contribution is 7.99. The molecule has 0 saturated carbocycles. The first-order valence-electron chi connectivity index (χ1n) is 10.9. The molecule has 12 heteroatoms. The predicted molar refractivity (Wildman–Crippen MR) is 135 cm³/mol. The van der Waals surface area contributed by atoms with Gasteiger partial charge in [0.1, 0.15) is 28.0 Å². The minimum absolute atomic E-state index is 0.245. The fourth-order valence-corrected chi connectivity index (χ4v) is 6.88. The van der Waals surface area contributed by atoms with Crippen LogP contribution in [-0.2, 0) is 9.73 Å². The summed E-state index contributed by atoms with van der Waals surface area (Å²) in [5, 5.41) is 0.716. The number of aromatic nitrogens is 2. The van der Waals surface area contributed by atoms with Crippen LogP contribution in [0, 0.1) is 10.6 Å². The van der Waals surface area contributed by atoms with E-state index in [0.717, 1.165) is 5.56 Å². The molecule has 1 spiro atoms. The van der Waals surface area contributed by atoms with E-state index in [2.05, 4.69) is 14.9 Å². The van der Waals surface area contributed by atoms with Crippen LogP contribution in [0.5, 0.6) is 5.75 Å². The van der Waals surface area contributed by atoms with Gasteiger partial charge in [-0.2, -0.15) is 0 Å². The Hall–Kier alpha value is -2.60. The molecule has 0 bridgehead atoms. The molecule has 3 aromatic rings. The highest BCUT2D eigenvalue weighted by Gasteiger charge is 2.48. The lowest BCUT2D eigenvalue weighted by Crippen LogP contribution is -2.51. The van der Waals surface area contributed by atoms with Crippen LogP contribution in [0.25, 0.3) is 0 Å². The fourth-order valence-electron chi connectivity index (χ4n) is 4.53. The van der Waals surface area contributed by atoms with Gasteiger partial charge < -0.3 is 21.1 Å². The topological polar surface area (TPSA) is 131 Å². The molecule has 35 heavy (non-hydrogen) atoms. The summed E-state index contributed by atoms with van der Waals surface area (Å²) < 4.78 is 39.8. The number of piperidine rings is 1. The Morgan fingerprint density at radius 1 is 1.31 bits per heavy atom. The number of hydrogen-bond acceptors (Lipinski definition) is 9. The number of nitrogen functional groups attached to an aromatic ring is 1. The molecule has 2 atom stereocenters. The molecule has 2 aromatic carbocycles. The molecule has 3 heterocycles. The van der Waals surface area contributed by atoms with E-state index in [1.54, 1.807) is 30.5 Å². The Labute approximate surface area is 212 Å². The summed E-state index contributed by atoms with van der Waals surface area (Å²) in [6.45, 7) is 1.26. The summed E-state index contributed by atoms with van der Waals surface area (Å²) in [5.41, 5.74) is 13.0. The van der Waals surface area contributed by atoms with E-state index in [9.17, 15) is 8.60 Å². The Morgan fingerprint density at radius 3 is 2.74 bits per heavy atom. The molecule has 0 aliphatic carbocycles. The normalized spacial score (nSPS) is 20.3. The van der Waals surface area contributed by atoms with Gasteiger partial charge in [0.15, 0.2) is 5.82 Å². The van der Waals surface area contributed by atoms with Crippen LogP contribution in [0.4, 0.5) is 16.0 Å². The van der Waals surface area contributed by atoms with Crippen LogP contribution >= 0.6 is 23.4 Å². The summed E-state index contributed by atoms with van der Waals surface area (Å²) in [6, 6.07) is 9.22. The minimum atomic E-state index is -2.97. The lowest BCUT2D eigenvalue weighted by Gasteiger charge is -2.41. The van der Waals surface area contributed by atoms with E-state index >= 15 is 0 Å². The smallest absolute Gasteiger partial charge is 0.158 e. The van der Waals surface area contributed by atoms with Crippen LogP contribution in [-0.4, -0.2) is 39.1 Å². The summed E-state index contributed by atoms with van der Waals surface area (Å²) >= 11 is 7.61. The highest BCUT2D eigenvalue weighted by atomic mass is 35.5. The van der Waals surface area contributed by atoms with E-state index in [1.807, 2.05) is 0 Å². The second-order valence-corrected chi connectivity index (χ2v) is 12.3. The monoisotopic (exact) mass is 534 g/mol. The van der Waals surface area contributed by atoms with Gasteiger partial charge in [-0.15, -0.1) is 0 Å². The first kappa shape index (κ1) is 24.1. The number of benzene rings is 2. The third-order valence-corrected chi connectivity index (χ3v) is 9.31. The van der Waals surface area contributed by atoms with Crippen molar-refractivity contribution in [1.29, 1.82) is 4.78 Å². The van der Waals surface area contributed by atoms with Crippen molar-refractivity contribution < 1.29 is 13.3 Å². The Bertz CT molecular complexity index is 1410. The lowest BCUT2D eigenvalue weighted by atomic mass is 9.83.